The highest BCUT2D eigenvalue weighted by atomic mass is 79.9. The molecule has 0 amide bonds. The molecule has 16 heteroatoms. The molecular formula is C57H86Br2N2O12. The van der Waals surface area contributed by atoms with Crippen molar-refractivity contribution in [3.05, 3.63) is 47.5 Å². The second-order valence-corrected chi connectivity index (χ2v) is 21.9. The van der Waals surface area contributed by atoms with Crippen molar-refractivity contribution in [2.45, 2.75) is 202 Å². The number of hydrogen-bond donors (Lipinski definition) is 2. The molecular weight excluding hydrogens is 1060 g/mol. The van der Waals surface area contributed by atoms with Crippen molar-refractivity contribution in [2.24, 2.45) is 22.7 Å². The molecule has 0 radical (unpaired) electrons. The van der Waals surface area contributed by atoms with Gasteiger partial charge < -0.3 is 72.1 Å². The van der Waals surface area contributed by atoms with Crippen molar-refractivity contribution in [3.63, 3.8) is 0 Å². The number of nitrogens with zero attached hydrogens (tertiary/aromatic N) is 2. The van der Waals surface area contributed by atoms with Gasteiger partial charge in [0.2, 0.25) is 0 Å². The van der Waals surface area contributed by atoms with Crippen molar-refractivity contribution in [1.29, 1.82) is 0 Å². The first-order valence-corrected chi connectivity index (χ1v) is 26.8. The number of esters is 4. The lowest BCUT2D eigenvalue weighted by Gasteiger charge is -2.63. The fourth-order valence-corrected chi connectivity index (χ4v) is 13.5. The molecule has 0 aromatic heterocycles. The van der Waals surface area contributed by atoms with E-state index in [1.165, 1.54) is 0 Å². The second kappa shape index (κ2) is 27.8. The van der Waals surface area contributed by atoms with Crippen molar-refractivity contribution >= 4 is 35.8 Å². The topological polar surface area (TPSA) is 180 Å². The average molecular weight is 1150 g/mol. The third-order valence-electron chi connectivity index (χ3n) is 18.1. The molecule has 1 saturated carbocycles. The molecule has 410 valence electrons. The number of piperidine rings is 2. The summed E-state index contributed by atoms with van der Waals surface area (Å²) in [6.07, 6.45) is 12.2. The molecule has 0 bridgehead atoms. The number of likely N-dealkylation sites (tertiary alicyclic amines) is 2. The van der Waals surface area contributed by atoms with Gasteiger partial charge in [-0.05, 0) is 124 Å². The maximum atomic E-state index is 12.4. The van der Waals surface area contributed by atoms with Gasteiger partial charge in [-0.2, -0.15) is 0 Å². The fourth-order valence-electron chi connectivity index (χ4n) is 13.5. The van der Waals surface area contributed by atoms with E-state index in [0.717, 1.165) is 104 Å². The summed E-state index contributed by atoms with van der Waals surface area (Å²) in [5.74, 6) is -1.52. The Morgan fingerprint density at radius 1 is 0.534 bits per heavy atom. The lowest BCUT2D eigenvalue weighted by Crippen LogP contribution is -3.00. The fraction of sp³-hybridized carbons (Fsp3) is 0.684. The molecule has 73 heavy (non-hydrogen) atoms. The van der Waals surface area contributed by atoms with E-state index >= 15 is 0 Å². The largest absolute Gasteiger partial charge is 1.00 e. The molecule has 3 aliphatic rings. The molecule has 4 unspecified atom stereocenters. The second-order valence-electron chi connectivity index (χ2n) is 21.9. The summed E-state index contributed by atoms with van der Waals surface area (Å²) in [6, 6.07) is 12.2. The van der Waals surface area contributed by atoms with Crippen LogP contribution >= 0.6 is 0 Å². The van der Waals surface area contributed by atoms with Gasteiger partial charge in [-0.3, -0.25) is 28.8 Å². The summed E-state index contributed by atoms with van der Waals surface area (Å²) in [6.45, 7) is 18.1. The van der Waals surface area contributed by atoms with Gasteiger partial charge in [0, 0.05) is 77.0 Å². The van der Waals surface area contributed by atoms with Crippen molar-refractivity contribution in [2.75, 3.05) is 27.2 Å². The SMILES string of the molecule is CCC(=O)Oc1ccc(CC[N+]2(C)C(C)CC(C3(C4CC(C)[N+](C)(CCc5ccc(OC(=O)CC)c(OC(=O)CC)c5)C(C)C4)CCCC3(CCCC(=O)O)CCCC(=O)O)CC2C)cc1OC(=O)CC.[Br-].[Br-]. The zero-order valence-electron chi connectivity index (χ0n) is 45.4. The number of carbonyl (C=O) groups is 6. The molecule has 5 rings (SSSR count). The summed E-state index contributed by atoms with van der Waals surface area (Å²) in [7, 11) is 4.73. The Morgan fingerprint density at radius 2 is 0.863 bits per heavy atom. The van der Waals surface area contributed by atoms with E-state index < -0.39 is 35.8 Å². The Kier molecular flexibility index (Phi) is 24.1. The zero-order valence-corrected chi connectivity index (χ0v) is 48.6. The number of hydrogen-bond acceptors (Lipinski definition) is 10. The highest BCUT2D eigenvalue weighted by Crippen LogP contribution is 2.70. The molecule has 0 spiro atoms. The van der Waals surface area contributed by atoms with Gasteiger partial charge in [0.05, 0.1) is 51.4 Å². The van der Waals surface area contributed by atoms with E-state index in [1.54, 1.807) is 39.8 Å². The zero-order chi connectivity index (χ0) is 52.3. The minimum Gasteiger partial charge on any atom is -1.00 e. The number of benzene rings is 2. The first-order chi connectivity index (χ1) is 33.6. The van der Waals surface area contributed by atoms with Crippen LogP contribution in [0.3, 0.4) is 0 Å². The van der Waals surface area contributed by atoms with E-state index in [1.807, 2.05) is 24.3 Å². The number of carboxylic acid groups (broad SMARTS) is 2. The van der Waals surface area contributed by atoms with E-state index in [2.05, 4.69) is 41.8 Å². The maximum Gasteiger partial charge on any atom is 0.311 e. The molecule has 2 heterocycles. The van der Waals surface area contributed by atoms with Crippen molar-refractivity contribution in [3.8, 4) is 23.0 Å². The number of quaternary nitrogens is 2. The van der Waals surface area contributed by atoms with Gasteiger partial charge in [-0.25, -0.2) is 0 Å². The van der Waals surface area contributed by atoms with Crippen LogP contribution in [0.25, 0.3) is 0 Å². The lowest BCUT2D eigenvalue weighted by molar-refractivity contribution is -0.961. The van der Waals surface area contributed by atoms with Crippen LogP contribution in [0.2, 0.25) is 0 Å². The van der Waals surface area contributed by atoms with Gasteiger partial charge >= 0.3 is 35.8 Å². The Bertz CT molecular complexity index is 2050. The summed E-state index contributed by atoms with van der Waals surface area (Å²) in [4.78, 5) is 73.6. The van der Waals surface area contributed by atoms with Crippen LogP contribution in [0, 0.1) is 22.7 Å². The number of aliphatic carboxylic acids is 2. The standard InChI is InChI=1S/C57H84N2O12.2BrH/c1-11-52(64)68-46-22-20-42(36-48(46)70-54(66)13-3)24-30-58(9)38(5)32-44(33-39(58)6)57(29-17-28-56(57,26-15-18-50(60)61)27-16-19-51(62)63)45-34-40(7)59(10,41(8)35-45)31-25-43-21-23-47(69-53(65)12-2)49(37-43)71-55(67)14-4;;/h20-23,36-41,44-45H,11-19,24-35H2,1-10H3;2*1H. The highest BCUT2D eigenvalue weighted by molar-refractivity contribution is 5.77. The van der Waals surface area contributed by atoms with E-state index in [-0.39, 0.29) is 130 Å². The van der Waals surface area contributed by atoms with Crippen LogP contribution in [0.15, 0.2) is 36.4 Å². The Hall–Kier alpha value is -3.86. The minimum absolute atomic E-state index is 0. The van der Waals surface area contributed by atoms with Crippen LogP contribution in [-0.2, 0) is 41.6 Å². The van der Waals surface area contributed by atoms with Crippen LogP contribution in [-0.4, -0.2) is 106 Å². The van der Waals surface area contributed by atoms with E-state index in [9.17, 15) is 39.0 Å². The maximum absolute atomic E-state index is 12.4. The third kappa shape index (κ3) is 15.0. The van der Waals surface area contributed by atoms with Gasteiger partial charge in [0.1, 0.15) is 0 Å². The molecule has 3 fully saturated rings. The number of halogens is 2. The number of rotatable bonds is 24. The summed E-state index contributed by atoms with van der Waals surface area (Å²) >= 11 is 0. The molecule has 2 aliphatic heterocycles. The minimum atomic E-state index is -0.797. The normalized spacial score (nSPS) is 27.4. The number of carbonyl (C=O) groups excluding carboxylic acids is 4. The van der Waals surface area contributed by atoms with Crippen LogP contribution in [0.1, 0.15) is 176 Å². The molecule has 4 atom stereocenters. The van der Waals surface area contributed by atoms with Gasteiger partial charge in [0.15, 0.2) is 23.0 Å². The van der Waals surface area contributed by atoms with Crippen molar-refractivity contribution < 1.29 is 101 Å². The monoisotopic (exact) mass is 1150 g/mol. The number of likely N-dealkylation sites (N-methyl/N-ethyl adjacent to an activating group) is 2. The predicted molar refractivity (Wildman–Crippen MR) is 271 cm³/mol. The van der Waals surface area contributed by atoms with Gasteiger partial charge in [-0.15, -0.1) is 0 Å². The first-order valence-electron chi connectivity index (χ1n) is 26.8. The highest BCUT2D eigenvalue weighted by Gasteiger charge is 2.65. The van der Waals surface area contributed by atoms with E-state index in [4.69, 9.17) is 18.9 Å². The molecule has 2 N–H and O–H groups in total. The Morgan fingerprint density at radius 3 is 1.18 bits per heavy atom. The van der Waals surface area contributed by atoms with Gasteiger partial charge in [-0.1, -0.05) is 46.2 Å². The Balaban J connectivity index is 0.00000703. The Labute approximate surface area is 456 Å². The summed E-state index contributed by atoms with van der Waals surface area (Å²) in [5.41, 5.74) is 1.67. The number of carboxylic acids is 2. The molecule has 14 nitrogen and oxygen atoms in total. The smallest absolute Gasteiger partial charge is 0.311 e. The molecule has 1 aliphatic carbocycles. The van der Waals surface area contributed by atoms with Crippen molar-refractivity contribution in [1.82, 2.24) is 0 Å². The lowest BCUT2D eigenvalue weighted by atomic mass is 9.46. The van der Waals surface area contributed by atoms with Gasteiger partial charge in [0.25, 0.3) is 0 Å². The van der Waals surface area contributed by atoms with Crippen LogP contribution < -0.4 is 52.9 Å². The summed E-state index contributed by atoms with van der Waals surface area (Å²) < 4.78 is 24.1. The molecule has 2 saturated heterocycles. The van der Waals surface area contributed by atoms with E-state index in [0.29, 0.717) is 24.7 Å². The average Bonchev–Trinajstić information content (AvgIpc) is 3.71. The summed E-state index contributed by atoms with van der Waals surface area (Å²) in [5, 5.41) is 19.9. The number of ether oxygens (including phenoxy) is 4. The van der Waals surface area contributed by atoms with Crippen LogP contribution in [0.5, 0.6) is 23.0 Å². The third-order valence-corrected chi connectivity index (χ3v) is 18.1. The predicted octanol–water partition coefficient (Wildman–Crippen LogP) is 4.68. The molecule has 2 aromatic carbocycles. The first kappa shape index (κ1) is 63.4. The van der Waals surface area contributed by atoms with Crippen LogP contribution in [0.4, 0.5) is 0 Å². The molecule has 2 aromatic rings. The quantitative estimate of drug-likeness (QED) is 0.0845.